The van der Waals surface area contributed by atoms with Crippen molar-refractivity contribution in [3.8, 4) is 11.3 Å². The number of aliphatic hydroxyl groups is 2. The van der Waals surface area contributed by atoms with Gasteiger partial charge in [-0.05, 0) is 44.8 Å². The number of carbonyl (C=O) groups excluding carboxylic acids is 1. The molecule has 0 saturated carbocycles. The van der Waals surface area contributed by atoms with E-state index in [1.165, 1.54) is 6.33 Å². The van der Waals surface area contributed by atoms with Crippen molar-refractivity contribution in [2.24, 2.45) is 13.0 Å². The first-order valence-corrected chi connectivity index (χ1v) is 11.5. The van der Waals surface area contributed by atoms with Gasteiger partial charge >= 0.3 is 0 Å². The predicted molar refractivity (Wildman–Crippen MR) is 123 cm³/mol. The number of piperidine rings is 1. The Labute approximate surface area is 196 Å². The van der Waals surface area contributed by atoms with Crippen LogP contribution >= 0.6 is 0 Å². The maximum absolute atomic E-state index is 13.0. The van der Waals surface area contributed by atoms with Gasteiger partial charge in [-0.15, -0.1) is 0 Å². The number of hydrogen-bond donors (Lipinski definition) is 5. The first-order valence-electron chi connectivity index (χ1n) is 11.5. The van der Waals surface area contributed by atoms with Gasteiger partial charge < -0.3 is 35.9 Å². The van der Waals surface area contributed by atoms with Crippen LogP contribution in [0.2, 0.25) is 0 Å². The zero-order chi connectivity index (χ0) is 24.0. The molecular formula is C22H30N8O4. The second-order valence-electron chi connectivity index (χ2n) is 9.10. The summed E-state index contributed by atoms with van der Waals surface area (Å²) in [5.74, 6) is 0.150. The largest absolute Gasteiger partial charge is 0.387 e. The molecule has 0 aliphatic carbocycles. The van der Waals surface area contributed by atoms with Crippen molar-refractivity contribution in [1.82, 2.24) is 34.9 Å². The van der Waals surface area contributed by atoms with E-state index in [4.69, 9.17) is 10.5 Å². The van der Waals surface area contributed by atoms with Gasteiger partial charge in [0.05, 0.1) is 11.1 Å². The number of hydrogen-bond acceptors (Lipinski definition) is 9. The minimum absolute atomic E-state index is 0.0719. The summed E-state index contributed by atoms with van der Waals surface area (Å²) >= 11 is 0. The molecule has 5 rings (SSSR count). The van der Waals surface area contributed by atoms with Crippen LogP contribution in [0.25, 0.3) is 22.3 Å². The second kappa shape index (κ2) is 8.95. The number of aromatic nitrogens is 5. The highest BCUT2D eigenvalue weighted by Crippen LogP contribution is 2.38. The van der Waals surface area contributed by atoms with E-state index in [1.807, 2.05) is 13.0 Å². The molecule has 2 saturated heterocycles. The lowest BCUT2D eigenvalue weighted by Crippen LogP contribution is -2.49. The molecule has 12 heteroatoms. The Hall–Kier alpha value is -3.06. The Bertz CT molecular complexity index is 1190. The molecular weight excluding hydrogens is 440 g/mol. The van der Waals surface area contributed by atoms with Crippen LogP contribution in [0.3, 0.4) is 0 Å². The quantitative estimate of drug-likeness (QED) is 0.332. The molecule has 0 aromatic carbocycles. The van der Waals surface area contributed by atoms with E-state index < -0.39 is 30.4 Å². The number of aryl methyl sites for hydroxylation is 1. The molecule has 2 aliphatic heterocycles. The molecule has 5 atom stereocenters. The fraction of sp³-hybridized carbons (Fsp3) is 0.545. The van der Waals surface area contributed by atoms with E-state index in [9.17, 15) is 15.0 Å². The molecule has 12 nitrogen and oxygen atoms in total. The molecule has 2 aliphatic rings. The number of anilines is 1. The Morgan fingerprint density at radius 3 is 2.76 bits per heavy atom. The highest BCUT2D eigenvalue weighted by atomic mass is 16.6. The average molecular weight is 471 g/mol. The molecule has 2 fully saturated rings. The van der Waals surface area contributed by atoms with Gasteiger partial charge in [0.2, 0.25) is 0 Å². The maximum atomic E-state index is 13.0. The lowest BCUT2D eigenvalue weighted by Gasteiger charge is -2.29. The van der Waals surface area contributed by atoms with Crippen LogP contribution in [0.1, 0.15) is 26.0 Å². The van der Waals surface area contributed by atoms with E-state index in [1.54, 1.807) is 28.7 Å². The molecule has 0 spiro atoms. The van der Waals surface area contributed by atoms with Crippen LogP contribution in [0, 0.1) is 5.92 Å². The fourth-order valence-electron chi connectivity index (χ4n) is 4.93. The summed E-state index contributed by atoms with van der Waals surface area (Å²) in [7, 11) is 1.80. The van der Waals surface area contributed by atoms with E-state index in [2.05, 4.69) is 25.7 Å². The topological polar surface area (TPSA) is 165 Å². The lowest BCUT2D eigenvalue weighted by molar-refractivity contribution is -0.138. The van der Waals surface area contributed by atoms with Crippen molar-refractivity contribution >= 4 is 22.8 Å². The third-order valence-corrected chi connectivity index (χ3v) is 6.86. The van der Waals surface area contributed by atoms with Crippen molar-refractivity contribution in [3.63, 3.8) is 0 Å². The van der Waals surface area contributed by atoms with Crippen LogP contribution in [0.5, 0.6) is 0 Å². The Kier molecular flexibility index (Phi) is 5.98. The van der Waals surface area contributed by atoms with Gasteiger partial charge in [0.25, 0.3) is 5.91 Å². The number of nitrogens with one attached hydrogen (secondary N) is 2. The van der Waals surface area contributed by atoms with Gasteiger partial charge in [-0.1, -0.05) is 0 Å². The van der Waals surface area contributed by atoms with Crippen molar-refractivity contribution in [2.75, 3.05) is 18.8 Å². The van der Waals surface area contributed by atoms with Crippen molar-refractivity contribution in [3.05, 3.63) is 24.8 Å². The molecule has 182 valence electrons. The molecule has 5 heterocycles. The summed E-state index contributed by atoms with van der Waals surface area (Å²) < 4.78 is 9.17. The van der Waals surface area contributed by atoms with Gasteiger partial charge in [-0.2, -0.15) is 5.10 Å². The summed E-state index contributed by atoms with van der Waals surface area (Å²) in [6.07, 6.45) is 1.73. The summed E-state index contributed by atoms with van der Waals surface area (Å²) in [4.78, 5) is 21.4. The lowest BCUT2D eigenvalue weighted by atomic mass is 9.91. The molecule has 3 aromatic heterocycles. The van der Waals surface area contributed by atoms with Crippen molar-refractivity contribution in [1.29, 1.82) is 0 Å². The normalized spacial score (nSPS) is 26.7. The van der Waals surface area contributed by atoms with E-state index in [-0.39, 0.29) is 11.9 Å². The number of fused-ring (bicyclic) bond motifs is 1. The number of nitrogens with zero attached hydrogens (tertiary/aromatic N) is 5. The number of carbonyl (C=O) groups is 1. The predicted octanol–water partition coefficient (Wildman–Crippen LogP) is -0.462. The highest BCUT2D eigenvalue weighted by molar-refractivity contribution is 5.99. The fourth-order valence-corrected chi connectivity index (χ4v) is 4.93. The third kappa shape index (κ3) is 3.92. The highest BCUT2D eigenvalue weighted by Gasteiger charge is 2.48. The minimum Gasteiger partial charge on any atom is -0.387 e. The second-order valence-corrected chi connectivity index (χ2v) is 9.10. The number of amides is 1. The van der Waals surface area contributed by atoms with Crippen molar-refractivity contribution in [2.45, 2.75) is 50.3 Å². The summed E-state index contributed by atoms with van der Waals surface area (Å²) in [6.45, 7) is 3.79. The van der Waals surface area contributed by atoms with Gasteiger partial charge in [0.1, 0.15) is 30.0 Å². The molecule has 1 amide bonds. The van der Waals surface area contributed by atoms with E-state index in [0.29, 0.717) is 28.2 Å². The summed E-state index contributed by atoms with van der Waals surface area (Å²) in [5, 5.41) is 32.8. The zero-order valence-corrected chi connectivity index (χ0v) is 19.1. The van der Waals surface area contributed by atoms with Gasteiger partial charge in [-0.3, -0.25) is 9.48 Å². The molecule has 0 unspecified atom stereocenters. The molecule has 0 radical (unpaired) electrons. The van der Waals surface area contributed by atoms with Crippen LogP contribution in [0.4, 0.5) is 5.82 Å². The Morgan fingerprint density at radius 1 is 1.29 bits per heavy atom. The first kappa shape index (κ1) is 22.7. The molecule has 0 bridgehead atoms. The van der Waals surface area contributed by atoms with E-state index in [0.717, 1.165) is 25.9 Å². The van der Waals surface area contributed by atoms with E-state index >= 15 is 0 Å². The zero-order valence-electron chi connectivity index (χ0n) is 19.1. The van der Waals surface area contributed by atoms with Gasteiger partial charge in [0, 0.05) is 31.0 Å². The smallest absolute Gasteiger partial charge is 0.252 e. The summed E-state index contributed by atoms with van der Waals surface area (Å²) in [6, 6.07) is 1.75. The monoisotopic (exact) mass is 470 g/mol. The van der Waals surface area contributed by atoms with Crippen molar-refractivity contribution < 1.29 is 19.7 Å². The number of nitrogen functional groups attached to an aromatic ring is 1. The van der Waals surface area contributed by atoms with Gasteiger partial charge in [-0.25, -0.2) is 9.97 Å². The third-order valence-electron chi connectivity index (χ3n) is 6.86. The SMILES string of the molecule is C[C@@H](NC(=O)[C@H]1O[C@@H](n2cc(-c3ccn(C)n3)c3c(N)ncnc32)[C@H](O)[C@@H]1O)C1CCNCC1. The maximum Gasteiger partial charge on any atom is 0.252 e. The standard InChI is InChI=1S/C22H30N8O4/c1-11(12-3-6-24-7-4-12)27-21(33)18-16(31)17(32)22(34-18)30-9-13(14-5-8-29(2)28-14)15-19(23)25-10-26-20(15)30/h5,8-12,16-18,22,24,31-32H,3-4,6-7H2,1-2H3,(H,27,33)(H2,23,25,26)/t11-,16+,17-,18+,22-/m1/s1. The first-order chi connectivity index (χ1) is 16.3. The number of aliphatic hydroxyl groups excluding tert-OH is 2. The number of rotatable bonds is 5. The molecule has 34 heavy (non-hydrogen) atoms. The van der Waals surface area contributed by atoms with Crippen LogP contribution in [0.15, 0.2) is 24.8 Å². The van der Waals surface area contributed by atoms with Crippen LogP contribution < -0.4 is 16.4 Å². The van der Waals surface area contributed by atoms with Crippen LogP contribution in [-0.2, 0) is 16.6 Å². The number of nitrogens with two attached hydrogens (primary N) is 1. The molecule has 6 N–H and O–H groups in total. The summed E-state index contributed by atoms with van der Waals surface area (Å²) in [5.41, 5.74) is 7.87. The Balaban J connectivity index is 1.43. The molecule has 3 aromatic rings. The Morgan fingerprint density at radius 2 is 2.06 bits per heavy atom. The van der Waals surface area contributed by atoms with Crippen LogP contribution in [-0.4, -0.2) is 77.9 Å². The average Bonchev–Trinajstić information content (AvgIpc) is 3.51. The van der Waals surface area contributed by atoms with Gasteiger partial charge in [0.15, 0.2) is 12.3 Å². The minimum atomic E-state index is -1.40. The number of ether oxygens (including phenoxy) is 1.